The van der Waals surface area contributed by atoms with Gasteiger partial charge >= 0.3 is 5.97 Å². The third-order valence-electron chi connectivity index (χ3n) is 1.26. The molecule has 0 saturated heterocycles. The fraction of sp³-hybridized carbons (Fsp3) is 0. The first-order chi connectivity index (χ1) is 5.54. The number of hydrogen-bond donors (Lipinski definition) is 1. The zero-order chi connectivity index (χ0) is 9.30. The van der Waals surface area contributed by atoms with Crippen molar-refractivity contribution in [3.05, 3.63) is 32.1 Å². The number of hydrogen-bond acceptors (Lipinski definition) is 1. The number of carbonyl (C=O) groups is 1. The van der Waals surface area contributed by atoms with Gasteiger partial charge in [-0.3, -0.25) is 0 Å². The number of halogens is 3. The molecule has 0 aromatic heterocycles. The molecule has 1 aromatic rings. The van der Waals surface area contributed by atoms with E-state index in [1.54, 1.807) is 0 Å². The Hall–Kier alpha value is -0.360. The minimum Gasteiger partial charge on any atom is -0.478 e. The van der Waals surface area contributed by atoms with E-state index in [1.807, 2.05) is 22.6 Å². The maximum absolute atomic E-state index is 12.8. The summed E-state index contributed by atoms with van der Waals surface area (Å²) in [6.45, 7) is 0. The second-order valence-electron chi connectivity index (χ2n) is 2.02. The van der Waals surface area contributed by atoms with E-state index in [9.17, 15) is 9.18 Å². The van der Waals surface area contributed by atoms with Crippen LogP contribution in [0.4, 0.5) is 4.39 Å². The van der Waals surface area contributed by atoms with E-state index >= 15 is 0 Å². The molecule has 1 aromatic carbocycles. The number of carboxylic acid groups (broad SMARTS) is 1. The number of benzene rings is 1. The first-order valence-electron chi connectivity index (χ1n) is 2.91. The number of aromatic carboxylic acids is 1. The van der Waals surface area contributed by atoms with Crippen LogP contribution in [-0.4, -0.2) is 11.1 Å². The van der Waals surface area contributed by atoms with E-state index in [1.165, 1.54) is 6.07 Å². The Labute approximate surface area is 86.5 Å². The van der Waals surface area contributed by atoms with Crippen molar-refractivity contribution >= 4 is 40.2 Å². The van der Waals surface area contributed by atoms with Gasteiger partial charge in [-0.25, -0.2) is 9.18 Å². The van der Waals surface area contributed by atoms with Gasteiger partial charge in [0, 0.05) is 3.57 Å². The van der Waals surface area contributed by atoms with Crippen molar-refractivity contribution in [3.63, 3.8) is 0 Å². The zero-order valence-corrected chi connectivity index (χ0v) is 8.56. The molecule has 0 aliphatic carbocycles. The van der Waals surface area contributed by atoms with Gasteiger partial charge in [0.1, 0.15) is 11.4 Å². The summed E-state index contributed by atoms with van der Waals surface area (Å²) < 4.78 is 13.3. The monoisotopic (exact) mass is 300 g/mol. The molecule has 5 heteroatoms. The van der Waals surface area contributed by atoms with Crippen molar-refractivity contribution in [1.82, 2.24) is 0 Å². The normalized spacial score (nSPS) is 9.92. The van der Waals surface area contributed by atoms with Crippen LogP contribution < -0.4 is 0 Å². The molecule has 1 rings (SSSR count). The Morgan fingerprint density at radius 2 is 2.17 bits per heavy atom. The average molecular weight is 300 g/mol. The van der Waals surface area contributed by atoms with Crippen LogP contribution >= 0.6 is 34.2 Å². The highest BCUT2D eigenvalue weighted by Crippen LogP contribution is 2.24. The third kappa shape index (κ3) is 1.69. The van der Waals surface area contributed by atoms with Gasteiger partial charge in [0.15, 0.2) is 0 Å². The van der Waals surface area contributed by atoms with Crippen molar-refractivity contribution in [1.29, 1.82) is 0 Å². The van der Waals surface area contributed by atoms with Gasteiger partial charge in [0.05, 0.1) is 5.02 Å². The molecule has 0 spiro atoms. The Morgan fingerprint density at radius 1 is 1.58 bits per heavy atom. The van der Waals surface area contributed by atoms with E-state index in [4.69, 9.17) is 16.7 Å². The quantitative estimate of drug-likeness (QED) is 0.639. The van der Waals surface area contributed by atoms with Crippen LogP contribution in [0.1, 0.15) is 10.4 Å². The predicted octanol–water partition coefficient (Wildman–Crippen LogP) is 2.78. The van der Waals surface area contributed by atoms with E-state index in [0.29, 0.717) is 3.57 Å². The predicted molar refractivity (Wildman–Crippen MR) is 51.1 cm³/mol. The molecule has 2 nitrogen and oxygen atoms in total. The topological polar surface area (TPSA) is 37.3 Å². The van der Waals surface area contributed by atoms with Crippen LogP contribution in [0.3, 0.4) is 0 Å². The minimum atomic E-state index is -1.35. The molecular formula is C7H3ClFIO2. The second kappa shape index (κ2) is 3.57. The molecule has 0 saturated carbocycles. The Balaban J connectivity index is 3.43. The van der Waals surface area contributed by atoms with Gasteiger partial charge in [-0.15, -0.1) is 0 Å². The lowest BCUT2D eigenvalue weighted by molar-refractivity contribution is 0.0692. The fourth-order valence-corrected chi connectivity index (χ4v) is 1.41. The van der Waals surface area contributed by atoms with Crippen molar-refractivity contribution in [2.45, 2.75) is 0 Å². The van der Waals surface area contributed by atoms with Crippen molar-refractivity contribution in [2.24, 2.45) is 0 Å². The lowest BCUT2D eigenvalue weighted by Crippen LogP contribution is -2.02. The van der Waals surface area contributed by atoms with Gasteiger partial charge in [0.2, 0.25) is 0 Å². The van der Waals surface area contributed by atoms with Crippen molar-refractivity contribution < 1.29 is 14.3 Å². The third-order valence-corrected chi connectivity index (χ3v) is 2.87. The molecule has 64 valence electrons. The first-order valence-corrected chi connectivity index (χ1v) is 4.36. The van der Waals surface area contributed by atoms with Gasteiger partial charge in [0.25, 0.3) is 0 Å². The zero-order valence-electron chi connectivity index (χ0n) is 5.64. The standard InChI is InChI=1S/C7H3ClFIO2/c8-6-4(10)2-1-3(9)5(6)7(11)12/h1-2H,(H,11,12). The van der Waals surface area contributed by atoms with Crippen LogP contribution in [0.25, 0.3) is 0 Å². The number of carboxylic acids is 1. The Morgan fingerprint density at radius 3 is 2.58 bits per heavy atom. The molecule has 0 aliphatic rings. The first kappa shape index (κ1) is 9.73. The Kier molecular flexibility index (Phi) is 2.89. The molecule has 1 N–H and O–H groups in total. The van der Waals surface area contributed by atoms with Crippen LogP contribution in [0, 0.1) is 9.39 Å². The molecule has 0 heterocycles. The molecule has 0 fully saturated rings. The van der Waals surface area contributed by atoms with Crippen LogP contribution in [-0.2, 0) is 0 Å². The lowest BCUT2D eigenvalue weighted by atomic mass is 10.2. The maximum Gasteiger partial charge on any atom is 0.340 e. The SMILES string of the molecule is O=C(O)c1c(F)ccc(I)c1Cl. The van der Waals surface area contributed by atoms with Crippen LogP contribution in [0.15, 0.2) is 12.1 Å². The molecule has 0 amide bonds. The van der Waals surface area contributed by atoms with Gasteiger partial charge < -0.3 is 5.11 Å². The molecule has 0 aliphatic heterocycles. The summed E-state index contributed by atoms with van der Waals surface area (Å²) in [5.41, 5.74) is -0.469. The highest BCUT2D eigenvalue weighted by molar-refractivity contribution is 14.1. The molecule has 0 unspecified atom stereocenters. The van der Waals surface area contributed by atoms with Crippen molar-refractivity contribution in [2.75, 3.05) is 0 Å². The molecule has 12 heavy (non-hydrogen) atoms. The average Bonchev–Trinajstić information content (AvgIpc) is 1.97. The lowest BCUT2D eigenvalue weighted by Gasteiger charge is -2.01. The highest BCUT2D eigenvalue weighted by atomic mass is 127. The summed E-state index contributed by atoms with van der Waals surface area (Å²) in [6, 6.07) is 2.50. The van der Waals surface area contributed by atoms with Gasteiger partial charge in [-0.05, 0) is 34.7 Å². The van der Waals surface area contributed by atoms with Crippen LogP contribution in [0.2, 0.25) is 5.02 Å². The molecule has 0 bridgehead atoms. The summed E-state index contributed by atoms with van der Waals surface area (Å²) in [6.07, 6.45) is 0. The maximum atomic E-state index is 12.8. The summed E-state index contributed by atoms with van der Waals surface area (Å²) in [5.74, 6) is -2.16. The summed E-state index contributed by atoms with van der Waals surface area (Å²) >= 11 is 7.40. The molecule has 0 atom stereocenters. The van der Waals surface area contributed by atoms with Gasteiger partial charge in [-0.2, -0.15) is 0 Å². The second-order valence-corrected chi connectivity index (χ2v) is 3.56. The molecular weight excluding hydrogens is 297 g/mol. The van der Waals surface area contributed by atoms with Crippen molar-refractivity contribution in [3.8, 4) is 0 Å². The highest BCUT2D eigenvalue weighted by Gasteiger charge is 2.16. The largest absolute Gasteiger partial charge is 0.478 e. The van der Waals surface area contributed by atoms with Gasteiger partial charge in [-0.1, -0.05) is 11.6 Å². The molecule has 0 radical (unpaired) electrons. The smallest absolute Gasteiger partial charge is 0.340 e. The van der Waals surface area contributed by atoms with E-state index in [2.05, 4.69) is 0 Å². The van der Waals surface area contributed by atoms with Crippen LogP contribution in [0.5, 0.6) is 0 Å². The fourth-order valence-electron chi connectivity index (χ4n) is 0.723. The Bertz CT molecular complexity index is 340. The van der Waals surface area contributed by atoms with E-state index < -0.39 is 17.3 Å². The van der Waals surface area contributed by atoms with E-state index in [0.717, 1.165) is 6.07 Å². The summed E-state index contributed by atoms with van der Waals surface area (Å²) in [4.78, 5) is 10.5. The van der Waals surface area contributed by atoms with E-state index in [-0.39, 0.29) is 5.02 Å². The summed E-state index contributed by atoms with van der Waals surface area (Å²) in [5, 5.41) is 8.49. The summed E-state index contributed by atoms with van der Waals surface area (Å²) in [7, 11) is 0. The number of rotatable bonds is 1. The minimum absolute atomic E-state index is 0.0527.